The Morgan fingerprint density at radius 3 is 2.39 bits per heavy atom. The van der Waals surface area contributed by atoms with Gasteiger partial charge in [0.1, 0.15) is 11.6 Å². The van der Waals surface area contributed by atoms with Crippen LogP contribution in [0.4, 0.5) is 16.3 Å². The first-order chi connectivity index (χ1) is 13.6. The first-order valence-electron chi connectivity index (χ1n) is 9.19. The largest absolute Gasteiger partial charge is 0.497 e. The SMILES string of the molecule is CCOC(=O)N1CCN(C(=O)c2ccnc(Nc3ccc(OC)cc3)c2)CC1. The van der Waals surface area contributed by atoms with E-state index in [1.54, 1.807) is 42.2 Å². The van der Waals surface area contributed by atoms with Gasteiger partial charge < -0.3 is 24.6 Å². The maximum Gasteiger partial charge on any atom is 0.409 e. The summed E-state index contributed by atoms with van der Waals surface area (Å²) in [6.45, 7) is 4.00. The molecular weight excluding hydrogens is 360 g/mol. The van der Waals surface area contributed by atoms with E-state index >= 15 is 0 Å². The summed E-state index contributed by atoms with van der Waals surface area (Å²) in [4.78, 5) is 32.2. The van der Waals surface area contributed by atoms with Gasteiger partial charge in [0.05, 0.1) is 13.7 Å². The fourth-order valence-corrected chi connectivity index (χ4v) is 2.94. The van der Waals surface area contributed by atoms with E-state index < -0.39 is 0 Å². The number of hydrogen-bond donors (Lipinski definition) is 1. The lowest BCUT2D eigenvalue weighted by Gasteiger charge is -2.34. The molecule has 0 unspecified atom stereocenters. The maximum atomic E-state index is 12.8. The van der Waals surface area contributed by atoms with Gasteiger partial charge in [-0.2, -0.15) is 0 Å². The fraction of sp³-hybridized carbons (Fsp3) is 0.350. The zero-order valence-corrected chi connectivity index (χ0v) is 16.1. The van der Waals surface area contributed by atoms with Crippen LogP contribution in [0.25, 0.3) is 0 Å². The van der Waals surface area contributed by atoms with Crippen molar-refractivity contribution in [1.29, 1.82) is 0 Å². The first kappa shape index (κ1) is 19.5. The Balaban J connectivity index is 1.61. The van der Waals surface area contributed by atoms with Gasteiger partial charge in [0, 0.05) is 43.6 Å². The molecule has 0 spiro atoms. The minimum atomic E-state index is -0.329. The molecule has 0 aliphatic carbocycles. The molecule has 2 heterocycles. The Kier molecular flexibility index (Phi) is 6.31. The molecule has 1 aromatic carbocycles. The molecule has 0 bridgehead atoms. The van der Waals surface area contributed by atoms with Crippen molar-refractivity contribution in [2.24, 2.45) is 0 Å². The number of piperazine rings is 1. The maximum absolute atomic E-state index is 12.8. The van der Waals surface area contributed by atoms with Gasteiger partial charge >= 0.3 is 6.09 Å². The summed E-state index contributed by atoms with van der Waals surface area (Å²) in [6, 6.07) is 10.9. The lowest BCUT2D eigenvalue weighted by molar-refractivity contribution is 0.0570. The van der Waals surface area contributed by atoms with Crippen molar-refractivity contribution in [1.82, 2.24) is 14.8 Å². The number of carbonyl (C=O) groups excluding carboxylic acids is 2. The Morgan fingerprint density at radius 1 is 1.07 bits per heavy atom. The molecule has 2 amide bonds. The van der Waals surface area contributed by atoms with Crippen LogP contribution in [0.15, 0.2) is 42.6 Å². The monoisotopic (exact) mass is 384 g/mol. The molecule has 28 heavy (non-hydrogen) atoms. The summed E-state index contributed by atoms with van der Waals surface area (Å²) in [5, 5.41) is 3.18. The Hall–Kier alpha value is -3.29. The number of hydrogen-bond acceptors (Lipinski definition) is 6. The molecule has 148 valence electrons. The molecule has 1 aliphatic rings. The number of nitrogens with zero attached hydrogens (tertiary/aromatic N) is 3. The number of rotatable bonds is 5. The second kappa shape index (κ2) is 9.07. The van der Waals surface area contributed by atoms with E-state index in [2.05, 4.69) is 10.3 Å². The van der Waals surface area contributed by atoms with Crippen molar-refractivity contribution in [2.75, 3.05) is 45.2 Å². The fourth-order valence-electron chi connectivity index (χ4n) is 2.94. The van der Waals surface area contributed by atoms with Crippen molar-refractivity contribution in [3.63, 3.8) is 0 Å². The summed E-state index contributed by atoms with van der Waals surface area (Å²) in [6.07, 6.45) is 1.28. The van der Waals surface area contributed by atoms with E-state index in [0.29, 0.717) is 44.2 Å². The summed E-state index contributed by atoms with van der Waals surface area (Å²) in [5.41, 5.74) is 1.40. The average Bonchev–Trinajstić information content (AvgIpc) is 2.74. The number of benzene rings is 1. The molecule has 1 N–H and O–H groups in total. The van der Waals surface area contributed by atoms with Crippen molar-refractivity contribution >= 4 is 23.5 Å². The highest BCUT2D eigenvalue weighted by Crippen LogP contribution is 2.20. The van der Waals surface area contributed by atoms with Gasteiger partial charge in [-0.1, -0.05) is 0 Å². The van der Waals surface area contributed by atoms with E-state index in [9.17, 15) is 9.59 Å². The van der Waals surface area contributed by atoms with Gasteiger partial charge in [-0.15, -0.1) is 0 Å². The lowest BCUT2D eigenvalue weighted by atomic mass is 10.2. The molecule has 3 rings (SSSR count). The van der Waals surface area contributed by atoms with Gasteiger partial charge in [0.15, 0.2) is 0 Å². The van der Waals surface area contributed by atoms with Crippen LogP contribution in [0.1, 0.15) is 17.3 Å². The molecule has 0 radical (unpaired) electrons. The van der Waals surface area contributed by atoms with Gasteiger partial charge in [0.2, 0.25) is 0 Å². The third kappa shape index (κ3) is 4.70. The number of pyridine rings is 1. The van der Waals surface area contributed by atoms with E-state index in [0.717, 1.165) is 11.4 Å². The number of nitrogens with one attached hydrogen (secondary N) is 1. The molecule has 8 heteroatoms. The summed E-state index contributed by atoms with van der Waals surface area (Å²) >= 11 is 0. The smallest absolute Gasteiger partial charge is 0.409 e. The Labute approximate surface area is 164 Å². The van der Waals surface area contributed by atoms with Crippen molar-refractivity contribution in [2.45, 2.75) is 6.92 Å². The topological polar surface area (TPSA) is 84.0 Å². The van der Waals surface area contributed by atoms with Gasteiger partial charge in [0.25, 0.3) is 5.91 Å². The van der Waals surface area contributed by atoms with Crippen LogP contribution < -0.4 is 10.1 Å². The van der Waals surface area contributed by atoms with E-state index in [1.807, 2.05) is 24.3 Å². The van der Waals surface area contributed by atoms with Crippen LogP contribution in [0.2, 0.25) is 0 Å². The molecule has 0 atom stereocenters. The minimum Gasteiger partial charge on any atom is -0.497 e. The van der Waals surface area contributed by atoms with E-state index in [4.69, 9.17) is 9.47 Å². The molecule has 1 fully saturated rings. The number of carbonyl (C=O) groups is 2. The number of ether oxygens (including phenoxy) is 2. The number of aromatic nitrogens is 1. The third-order valence-corrected chi connectivity index (χ3v) is 4.46. The summed E-state index contributed by atoms with van der Waals surface area (Å²) in [7, 11) is 1.62. The number of amides is 2. The van der Waals surface area contributed by atoms with Crippen molar-refractivity contribution in [3.05, 3.63) is 48.2 Å². The predicted molar refractivity (Wildman–Crippen MR) is 105 cm³/mol. The van der Waals surface area contributed by atoms with E-state index in [1.165, 1.54) is 0 Å². The molecule has 2 aromatic rings. The highest BCUT2D eigenvalue weighted by Gasteiger charge is 2.25. The van der Waals surface area contributed by atoms with Gasteiger partial charge in [-0.3, -0.25) is 4.79 Å². The minimum absolute atomic E-state index is 0.0799. The molecular formula is C20H24N4O4. The zero-order chi connectivity index (χ0) is 19.9. The predicted octanol–water partition coefficient (Wildman–Crippen LogP) is 2.75. The average molecular weight is 384 g/mol. The molecule has 8 nitrogen and oxygen atoms in total. The standard InChI is InChI=1S/C20H24N4O4/c1-3-28-20(26)24-12-10-23(11-13-24)19(25)15-8-9-21-18(14-15)22-16-4-6-17(27-2)7-5-16/h4-9,14H,3,10-13H2,1-2H3,(H,21,22). The number of anilines is 2. The van der Waals surface area contributed by atoms with Crippen LogP contribution in [0, 0.1) is 0 Å². The Bertz CT molecular complexity index is 817. The van der Waals surface area contributed by atoms with Gasteiger partial charge in [-0.25, -0.2) is 9.78 Å². The van der Waals surface area contributed by atoms with Crippen molar-refractivity contribution in [3.8, 4) is 5.75 Å². The van der Waals surface area contributed by atoms with Gasteiger partial charge in [-0.05, 0) is 43.3 Å². The van der Waals surface area contributed by atoms with Crippen LogP contribution >= 0.6 is 0 Å². The molecule has 0 saturated carbocycles. The second-order valence-corrected chi connectivity index (χ2v) is 6.26. The summed E-state index contributed by atoms with van der Waals surface area (Å²) < 4.78 is 10.2. The second-order valence-electron chi connectivity index (χ2n) is 6.26. The molecule has 1 aromatic heterocycles. The third-order valence-electron chi connectivity index (χ3n) is 4.46. The zero-order valence-electron chi connectivity index (χ0n) is 16.1. The first-order valence-corrected chi connectivity index (χ1v) is 9.19. The number of methoxy groups -OCH3 is 1. The van der Waals surface area contributed by atoms with Crippen LogP contribution in [-0.2, 0) is 4.74 Å². The lowest BCUT2D eigenvalue weighted by Crippen LogP contribution is -2.50. The summed E-state index contributed by atoms with van der Waals surface area (Å²) in [5.74, 6) is 1.27. The highest BCUT2D eigenvalue weighted by atomic mass is 16.6. The van der Waals surface area contributed by atoms with Crippen LogP contribution in [0.5, 0.6) is 5.75 Å². The van der Waals surface area contributed by atoms with Crippen LogP contribution in [0.3, 0.4) is 0 Å². The quantitative estimate of drug-likeness (QED) is 0.853. The van der Waals surface area contributed by atoms with Crippen LogP contribution in [-0.4, -0.2) is 66.7 Å². The van der Waals surface area contributed by atoms with E-state index in [-0.39, 0.29) is 12.0 Å². The highest BCUT2D eigenvalue weighted by molar-refractivity contribution is 5.95. The van der Waals surface area contributed by atoms with Crippen molar-refractivity contribution < 1.29 is 19.1 Å². The molecule has 1 aliphatic heterocycles. The molecule has 1 saturated heterocycles. The normalized spacial score (nSPS) is 13.8. The Morgan fingerprint density at radius 2 is 1.75 bits per heavy atom.